The molecule has 4 heteroatoms. The standard InChI is InChI=1S/C13H14N4/c1-2-11(7-13-9-15-17-16-13)12-5-3-10(8-14)4-6-12/h3-6,9,11H,2,7H2,1H3,(H,15,16,17). The molecule has 1 unspecified atom stereocenters. The van der Waals surface area contributed by atoms with E-state index in [0.717, 1.165) is 18.5 Å². The Bertz CT molecular complexity index is 493. The molecule has 17 heavy (non-hydrogen) atoms. The lowest BCUT2D eigenvalue weighted by atomic mass is 9.91. The zero-order valence-electron chi connectivity index (χ0n) is 9.72. The van der Waals surface area contributed by atoms with Gasteiger partial charge >= 0.3 is 0 Å². The van der Waals surface area contributed by atoms with Gasteiger partial charge in [-0.05, 0) is 36.5 Å². The molecular formula is C13H14N4. The van der Waals surface area contributed by atoms with E-state index in [0.29, 0.717) is 11.5 Å². The summed E-state index contributed by atoms with van der Waals surface area (Å²) in [5, 5.41) is 19.3. The van der Waals surface area contributed by atoms with Crippen molar-refractivity contribution in [1.29, 1.82) is 5.26 Å². The minimum absolute atomic E-state index is 0.424. The van der Waals surface area contributed by atoms with Crippen LogP contribution >= 0.6 is 0 Å². The van der Waals surface area contributed by atoms with E-state index in [1.165, 1.54) is 5.56 Å². The minimum atomic E-state index is 0.424. The Balaban J connectivity index is 2.14. The Morgan fingerprint density at radius 2 is 2.12 bits per heavy atom. The third-order valence-electron chi connectivity index (χ3n) is 2.92. The molecule has 0 aliphatic rings. The highest BCUT2D eigenvalue weighted by Gasteiger charge is 2.11. The number of H-pyrrole nitrogens is 1. The van der Waals surface area contributed by atoms with Crippen molar-refractivity contribution in [3.05, 3.63) is 47.3 Å². The maximum absolute atomic E-state index is 8.76. The number of hydrogen-bond acceptors (Lipinski definition) is 3. The second kappa shape index (κ2) is 5.26. The highest BCUT2D eigenvalue weighted by molar-refractivity contribution is 5.33. The van der Waals surface area contributed by atoms with Gasteiger partial charge in [0.25, 0.3) is 0 Å². The molecule has 2 aromatic rings. The average Bonchev–Trinajstić information content (AvgIpc) is 2.89. The number of aromatic nitrogens is 3. The number of benzene rings is 1. The van der Waals surface area contributed by atoms with Gasteiger partial charge in [0.05, 0.1) is 23.5 Å². The Morgan fingerprint density at radius 3 is 2.65 bits per heavy atom. The quantitative estimate of drug-likeness (QED) is 0.870. The first-order chi connectivity index (χ1) is 8.33. The highest BCUT2D eigenvalue weighted by atomic mass is 15.3. The molecule has 0 aliphatic carbocycles. The third-order valence-corrected chi connectivity index (χ3v) is 2.92. The second-order valence-electron chi connectivity index (χ2n) is 4.00. The molecule has 0 spiro atoms. The zero-order chi connectivity index (χ0) is 12.1. The summed E-state index contributed by atoms with van der Waals surface area (Å²) in [7, 11) is 0. The van der Waals surface area contributed by atoms with Crippen molar-refractivity contribution in [3.8, 4) is 6.07 Å². The van der Waals surface area contributed by atoms with E-state index in [4.69, 9.17) is 5.26 Å². The number of hydrogen-bond donors (Lipinski definition) is 1. The molecule has 2 rings (SSSR count). The van der Waals surface area contributed by atoms with Crippen LogP contribution in [0, 0.1) is 11.3 Å². The van der Waals surface area contributed by atoms with Crippen LogP contribution in [0.4, 0.5) is 0 Å². The molecule has 1 N–H and O–H groups in total. The van der Waals surface area contributed by atoms with Crippen LogP contribution in [0.15, 0.2) is 30.5 Å². The predicted octanol–water partition coefficient (Wildman–Crippen LogP) is 2.41. The van der Waals surface area contributed by atoms with E-state index in [2.05, 4.69) is 28.4 Å². The molecule has 1 heterocycles. The summed E-state index contributed by atoms with van der Waals surface area (Å²) in [5.74, 6) is 0.424. The Hall–Kier alpha value is -2.15. The molecule has 0 radical (unpaired) electrons. The van der Waals surface area contributed by atoms with E-state index >= 15 is 0 Å². The summed E-state index contributed by atoms with van der Waals surface area (Å²) in [5.41, 5.74) is 2.92. The van der Waals surface area contributed by atoms with Gasteiger partial charge in [-0.25, -0.2) is 0 Å². The fraction of sp³-hybridized carbons (Fsp3) is 0.308. The molecular weight excluding hydrogens is 212 g/mol. The maximum atomic E-state index is 8.76. The monoisotopic (exact) mass is 226 g/mol. The summed E-state index contributed by atoms with van der Waals surface area (Å²) in [6.07, 6.45) is 3.67. The molecule has 0 fully saturated rings. The van der Waals surface area contributed by atoms with Crippen molar-refractivity contribution in [2.75, 3.05) is 0 Å². The van der Waals surface area contributed by atoms with Crippen molar-refractivity contribution in [2.24, 2.45) is 0 Å². The van der Waals surface area contributed by atoms with Crippen LogP contribution in [0.25, 0.3) is 0 Å². The second-order valence-corrected chi connectivity index (χ2v) is 4.00. The van der Waals surface area contributed by atoms with Gasteiger partial charge < -0.3 is 0 Å². The Kier molecular flexibility index (Phi) is 3.51. The van der Waals surface area contributed by atoms with Gasteiger partial charge in [0.2, 0.25) is 0 Å². The van der Waals surface area contributed by atoms with E-state index in [1.807, 2.05) is 24.3 Å². The molecule has 0 saturated carbocycles. The predicted molar refractivity (Wildman–Crippen MR) is 64.3 cm³/mol. The van der Waals surface area contributed by atoms with Gasteiger partial charge in [-0.2, -0.15) is 20.7 Å². The maximum Gasteiger partial charge on any atom is 0.0991 e. The van der Waals surface area contributed by atoms with Crippen molar-refractivity contribution < 1.29 is 0 Å². The smallest absolute Gasteiger partial charge is 0.0991 e. The lowest BCUT2D eigenvalue weighted by Gasteiger charge is -2.13. The normalized spacial score (nSPS) is 12.0. The van der Waals surface area contributed by atoms with Gasteiger partial charge in [0.15, 0.2) is 0 Å². The molecule has 1 aromatic carbocycles. The van der Waals surface area contributed by atoms with Crippen LogP contribution in [0.5, 0.6) is 0 Å². The summed E-state index contributed by atoms with van der Waals surface area (Å²) < 4.78 is 0. The van der Waals surface area contributed by atoms with Crippen LogP contribution in [-0.2, 0) is 6.42 Å². The van der Waals surface area contributed by atoms with Crippen LogP contribution in [0.2, 0.25) is 0 Å². The summed E-state index contributed by atoms with van der Waals surface area (Å²) in [6.45, 7) is 2.16. The molecule has 86 valence electrons. The van der Waals surface area contributed by atoms with E-state index in [-0.39, 0.29) is 0 Å². The third kappa shape index (κ3) is 2.70. The van der Waals surface area contributed by atoms with Gasteiger partial charge in [-0.15, -0.1) is 0 Å². The first kappa shape index (κ1) is 11.3. The average molecular weight is 226 g/mol. The van der Waals surface area contributed by atoms with Crippen LogP contribution in [-0.4, -0.2) is 15.4 Å². The van der Waals surface area contributed by atoms with Gasteiger partial charge in [0.1, 0.15) is 0 Å². The topological polar surface area (TPSA) is 65.4 Å². The van der Waals surface area contributed by atoms with Crippen LogP contribution < -0.4 is 0 Å². The largest absolute Gasteiger partial charge is 0.198 e. The summed E-state index contributed by atoms with van der Waals surface area (Å²) >= 11 is 0. The number of aromatic amines is 1. The number of nitrogens with one attached hydrogen (secondary N) is 1. The number of rotatable bonds is 4. The molecule has 0 aliphatic heterocycles. The summed E-state index contributed by atoms with van der Waals surface area (Å²) in [4.78, 5) is 0. The molecule has 1 atom stereocenters. The van der Waals surface area contributed by atoms with E-state index in [9.17, 15) is 0 Å². The summed E-state index contributed by atoms with van der Waals surface area (Å²) in [6, 6.07) is 9.89. The molecule has 0 saturated heterocycles. The van der Waals surface area contributed by atoms with E-state index in [1.54, 1.807) is 6.20 Å². The fourth-order valence-electron chi connectivity index (χ4n) is 1.90. The lowest BCUT2D eigenvalue weighted by Crippen LogP contribution is -2.02. The number of nitriles is 1. The van der Waals surface area contributed by atoms with Crippen molar-refractivity contribution in [3.63, 3.8) is 0 Å². The minimum Gasteiger partial charge on any atom is -0.198 e. The molecule has 0 bridgehead atoms. The van der Waals surface area contributed by atoms with Crippen molar-refractivity contribution >= 4 is 0 Å². The SMILES string of the molecule is CCC(Cc1cn[nH]n1)c1ccc(C#N)cc1. The van der Waals surface area contributed by atoms with E-state index < -0.39 is 0 Å². The van der Waals surface area contributed by atoms with Crippen molar-refractivity contribution in [2.45, 2.75) is 25.7 Å². The highest BCUT2D eigenvalue weighted by Crippen LogP contribution is 2.23. The first-order valence-electron chi connectivity index (χ1n) is 5.68. The van der Waals surface area contributed by atoms with Crippen molar-refractivity contribution in [1.82, 2.24) is 15.4 Å². The Labute approximate surface area is 100 Å². The fourth-order valence-corrected chi connectivity index (χ4v) is 1.90. The lowest BCUT2D eigenvalue weighted by molar-refractivity contribution is 0.648. The molecule has 1 aromatic heterocycles. The number of nitrogens with zero attached hydrogens (tertiary/aromatic N) is 3. The Morgan fingerprint density at radius 1 is 1.35 bits per heavy atom. The van der Waals surface area contributed by atoms with Gasteiger partial charge in [0, 0.05) is 0 Å². The molecule has 0 amide bonds. The molecule has 4 nitrogen and oxygen atoms in total. The van der Waals surface area contributed by atoms with Crippen LogP contribution in [0.3, 0.4) is 0 Å². The van der Waals surface area contributed by atoms with Gasteiger partial charge in [-0.1, -0.05) is 19.1 Å². The van der Waals surface area contributed by atoms with Gasteiger partial charge in [-0.3, -0.25) is 0 Å². The van der Waals surface area contributed by atoms with Crippen LogP contribution in [0.1, 0.15) is 36.1 Å². The zero-order valence-corrected chi connectivity index (χ0v) is 9.72. The first-order valence-corrected chi connectivity index (χ1v) is 5.68.